The number of ether oxygens (including phenoxy) is 1. The largest absolute Gasteiger partial charge is 0.497 e. The molecule has 1 aromatic rings. The average Bonchev–Trinajstić information content (AvgIpc) is 2.27. The van der Waals surface area contributed by atoms with Crippen LogP contribution in [0, 0.1) is 5.82 Å². The van der Waals surface area contributed by atoms with Crippen molar-refractivity contribution in [2.45, 2.75) is 12.2 Å². The Morgan fingerprint density at radius 1 is 1.47 bits per heavy atom. The second-order valence-corrected chi connectivity index (χ2v) is 3.45. The minimum absolute atomic E-state index is 0.0101. The lowest BCUT2D eigenvalue weighted by molar-refractivity contribution is 0.0313. The fourth-order valence-electron chi connectivity index (χ4n) is 1.18. The summed E-state index contributed by atoms with van der Waals surface area (Å²) in [5.41, 5.74) is 0.0101. The van der Waals surface area contributed by atoms with E-state index in [1.807, 2.05) is 0 Å². The molecule has 15 heavy (non-hydrogen) atoms. The van der Waals surface area contributed by atoms with E-state index in [4.69, 9.17) is 4.74 Å². The summed E-state index contributed by atoms with van der Waals surface area (Å²) in [6.07, 6.45) is -2.40. The molecule has 0 saturated heterocycles. The van der Waals surface area contributed by atoms with E-state index in [9.17, 15) is 14.6 Å². The van der Waals surface area contributed by atoms with Crippen molar-refractivity contribution < 1.29 is 19.3 Å². The molecule has 0 aromatic heterocycles. The second kappa shape index (κ2) is 5.34. The summed E-state index contributed by atoms with van der Waals surface area (Å²) in [5, 5.41) is 18.9. The molecule has 2 N–H and O–H groups in total. The van der Waals surface area contributed by atoms with Crippen molar-refractivity contribution in [3.8, 4) is 5.75 Å². The van der Waals surface area contributed by atoms with E-state index in [-0.39, 0.29) is 11.3 Å². The van der Waals surface area contributed by atoms with Crippen molar-refractivity contribution >= 4 is 12.6 Å². The maximum absolute atomic E-state index is 13.3. The van der Waals surface area contributed by atoms with Gasteiger partial charge in [-0.3, -0.25) is 0 Å². The van der Waals surface area contributed by atoms with Crippen LogP contribution in [-0.4, -0.2) is 29.2 Å². The molecular weight excluding hydrogens is 219 g/mol. The second-order valence-electron chi connectivity index (χ2n) is 3.08. The number of rotatable bonds is 4. The number of hydrogen-bond donors (Lipinski definition) is 3. The van der Waals surface area contributed by atoms with Crippen LogP contribution in [0.4, 0.5) is 4.39 Å². The van der Waals surface area contributed by atoms with E-state index in [1.165, 1.54) is 25.3 Å². The minimum Gasteiger partial charge on any atom is -0.497 e. The summed E-state index contributed by atoms with van der Waals surface area (Å²) in [6.45, 7) is 0. The molecule has 0 aliphatic rings. The van der Waals surface area contributed by atoms with Crippen LogP contribution >= 0.6 is 12.6 Å². The molecular formula is C10H13FO3S. The molecule has 0 heterocycles. The number of hydrogen-bond acceptors (Lipinski definition) is 4. The molecule has 0 aliphatic heterocycles. The van der Waals surface area contributed by atoms with Crippen LogP contribution in [0.3, 0.4) is 0 Å². The molecule has 0 fully saturated rings. The Balaban J connectivity index is 3.01. The van der Waals surface area contributed by atoms with Crippen molar-refractivity contribution in [1.29, 1.82) is 0 Å². The van der Waals surface area contributed by atoms with E-state index in [2.05, 4.69) is 12.6 Å². The van der Waals surface area contributed by atoms with E-state index < -0.39 is 18.0 Å². The predicted octanol–water partition coefficient (Wildman–Crippen LogP) is 1.16. The summed E-state index contributed by atoms with van der Waals surface area (Å²) in [5.74, 6) is -0.0985. The lowest BCUT2D eigenvalue weighted by atomic mass is 10.0. The van der Waals surface area contributed by atoms with Gasteiger partial charge in [-0.25, -0.2) is 4.39 Å². The smallest absolute Gasteiger partial charge is 0.129 e. The molecule has 5 heteroatoms. The normalized spacial score (nSPS) is 14.7. The van der Waals surface area contributed by atoms with Gasteiger partial charge in [-0.05, 0) is 18.2 Å². The van der Waals surface area contributed by atoms with Gasteiger partial charge in [0.15, 0.2) is 0 Å². The Morgan fingerprint density at radius 3 is 2.67 bits per heavy atom. The number of benzene rings is 1. The van der Waals surface area contributed by atoms with Gasteiger partial charge in [0.1, 0.15) is 17.7 Å². The van der Waals surface area contributed by atoms with Gasteiger partial charge in [0.25, 0.3) is 0 Å². The van der Waals surface area contributed by atoms with Gasteiger partial charge in [0, 0.05) is 11.3 Å². The highest BCUT2D eigenvalue weighted by Crippen LogP contribution is 2.25. The van der Waals surface area contributed by atoms with Crippen molar-refractivity contribution in [2.24, 2.45) is 0 Å². The Morgan fingerprint density at radius 2 is 2.13 bits per heavy atom. The first-order valence-corrected chi connectivity index (χ1v) is 5.03. The lowest BCUT2D eigenvalue weighted by Gasteiger charge is -2.17. The van der Waals surface area contributed by atoms with Crippen molar-refractivity contribution in [1.82, 2.24) is 0 Å². The summed E-state index contributed by atoms with van der Waals surface area (Å²) >= 11 is 3.82. The van der Waals surface area contributed by atoms with Gasteiger partial charge in [-0.15, -0.1) is 0 Å². The van der Waals surface area contributed by atoms with Crippen LogP contribution < -0.4 is 4.74 Å². The predicted molar refractivity (Wildman–Crippen MR) is 57.8 cm³/mol. The summed E-state index contributed by atoms with van der Waals surface area (Å²) < 4.78 is 18.2. The lowest BCUT2D eigenvalue weighted by Crippen LogP contribution is -2.20. The SMILES string of the molecule is COc1ccc(F)c(C(O)C(O)CS)c1. The molecule has 0 aliphatic carbocycles. The van der Waals surface area contributed by atoms with Crippen LogP contribution in [0.5, 0.6) is 5.75 Å². The first kappa shape index (κ1) is 12.3. The number of aliphatic hydroxyl groups is 2. The van der Waals surface area contributed by atoms with Crippen LogP contribution in [0.25, 0.3) is 0 Å². The van der Waals surface area contributed by atoms with Crippen LogP contribution in [0.15, 0.2) is 18.2 Å². The van der Waals surface area contributed by atoms with E-state index in [0.717, 1.165) is 0 Å². The summed E-state index contributed by atoms with van der Waals surface area (Å²) in [6, 6.07) is 3.98. The molecule has 2 atom stereocenters. The maximum atomic E-state index is 13.3. The Bertz CT molecular complexity index is 332. The fraction of sp³-hybridized carbons (Fsp3) is 0.400. The first-order chi connectivity index (χ1) is 7.10. The highest BCUT2D eigenvalue weighted by atomic mass is 32.1. The Hall–Kier alpha value is -0.780. The van der Waals surface area contributed by atoms with Crippen LogP contribution in [-0.2, 0) is 0 Å². The molecule has 1 rings (SSSR count). The molecule has 0 amide bonds. The Kier molecular flexibility index (Phi) is 4.38. The van der Waals surface area contributed by atoms with Gasteiger partial charge in [0.05, 0.1) is 13.2 Å². The zero-order valence-electron chi connectivity index (χ0n) is 8.22. The van der Waals surface area contributed by atoms with E-state index in [0.29, 0.717) is 5.75 Å². The van der Waals surface area contributed by atoms with Gasteiger partial charge in [-0.1, -0.05) is 0 Å². The third kappa shape index (κ3) is 2.84. The molecule has 0 spiro atoms. The summed E-state index contributed by atoms with van der Waals surface area (Å²) in [4.78, 5) is 0. The van der Waals surface area contributed by atoms with Crippen molar-refractivity contribution in [3.63, 3.8) is 0 Å². The fourth-order valence-corrected chi connectivity index (χ4v) is 1.38. The Labute approximate surface area is 92.9 Å². The first-order valence-electron chi connectivity index (χ1n) is 4.40. The average molecular weight is 232 g/mol. The molecule has 0 saturated carbocycles. The molecule has 3 nitrogen and oxygen atoms in total. The number of thiol groups is 1. The maximum Gasteiger partial charge on any atom is 0.129 e. The van der Waals surface area contributed by atoms with E-state index >= 15 is 0 Å². The molecule has 1 aromatic carbocycles. The standard InChI is InChI=1S/C10H13FO3S/c1-14-6-2-3-8(11)7(4-6)10(13)9(12)5-15/h2-4,9-10,12-13,15H,5H2,1H3. The van der Waals surface area contributed by atoms with Crippen molar-refractivity contribution in [3.05, 3.63) is 29.6 Å². The quantitative estimate of drug-likeness (QED) is 0.683. The minimum atomic E-state index is -1.29. The topological polar surface area (TPSA) is 49.7 Å². The van der Waals surface area contributed by atoms with Crippen LogP contribution in [0.2, 0.25) is 0 Å². The molecule has 84 valence electrons. The monoisotopic (exact) mass is 232 g/mol. The number of aliphatic hydroxyl groups excluding tert-OH is 2. The highest BCUT2D eigenvalue weighted by Gasteiger charge is 2.20. The summed E-state index contributed by atoms with van der Waals surface area (Å²) in [7, 11) is 1.44. The highest BCUT2D eigenvalue weighted by molar-refractivity contribution is 7.80. The van der Waals surface area contributed by atoms with Crippen molar-refractivity contribution in [2.75, 3.05) is 12.9 Å². The molecule has 0 radical (unpaired) electrons. The number of methoxy groups -OCH3 is 1. The van der Waals surface area contributed by atoms with Gasteiger partial charge < -0.3 is 14.9 Å². The number of halogens is 1. The van der Waals surface area contributed by atoms with E-state index in [1.54, 1.807) is 0 Å². The van der Waals surface area contributed by atoms with Gasteiger partial charge in [-0.2, -0.15) is 12.6 Å². The third-order valence-corrected chi connectivity index (χ3v) is 2.45. The third-order valence-electron chi connectivity index (χ3n) is 2.07. The zero-order valence-corrected chi connectivity index (χ0v) is 9.12. The molecule has 0 bridgehead atoms. The zero-order chi connectivity index (χ0) is 11.4. The van der Waals surface area contributed by atoms with Gasteiger partial charge in [0.2, 0.25) is 0 Å². The van der Waals surface area contributed by atoms with Crippen LogP contribution in [0.1, 0.15) is 11.7 Å². The molecule has 2 unspecified atom stereocenters. The van der Waals surface area contributed by atoms with Gasteiger partial charge >= 0.3 is 0 Å².